The van der Waals surface area contributed by atoms with E-state index >= 15 is 0 Å². The summed E-state index contributed by atoms with van der Waals surface area (Å²) in [6.07, 6.45) is 1.34. The molecule has 0 aliphatic carbocycles. The van der Waals surface area contributed by atoms with Crippen molar-refractivity contribution in [3.8, 4) is 5.75 Å². The van der Waals surface area contributed by atoms with Crippen LogP contribution >= 0.6 is 0 Å². The molecule has 3 atom stereocenters. The molecule has 0 unspecified atom stereocenters. The first-order valence-electron chi connectivity index (χ1n) is 11.4. The number of rotatable bonds is 3. The number of hydrogen-bond donors (Lipinski definition) is 1. The highest BCUT2D eigenvalue weighted by Gasteiger charge is 2.28. The Morgan fingerprint density at radius 2 is 1.88 bits per heavy atom. The molecule has 0 saturated carbocycles. The standard InChI is InChI=1S/C24H37N3O5/c1-16-13-26(3)17(2)15-32-21-7-6-19(25-23(28)18-8-10-31-11-9-18)12-20(21)24(29)27(4)14-22(16)30-5/h6-7,12,16-18,22H,8-11,13-15H2,1-5H3,(H,25,28)/t16-,17-,22-/m1/s1. The lowest BCUT2D eigenvalue weighted by Gasteiger charge is -2.34. The second kappa shape index (κ2) is 11.1. The van der Waals surface area contributed by atoms with Gasteiger partial charge in [-0.05, 0) is 50.9 Å². The number of nitrogens with one attached hydrogen (secondary N) is 1. The molecule has 8 heteroatoms. The van der Waals surface area contributed by atoms with Crippen molar-refractivity contribution < 1.29 is 23.8 Å². The molecular weight excluding hydrogens is 410 g/mol. The van der Waals surface area contributed by atoms with Gasteiger partial charge in [-0.3, -0.25) is 14.5 Å². The van der Waals surface area contributed by atoms with E-state index in [0.29, 0.717) is 56.2 Å². The van der Waals surface area contributed by atoms with Crippen molar-refractivity contribution >= 4 is 17.5 Å². The fourth-order valence-electron chi connectivity index (χ4n) is 4.24. The van der Waals surface area contributed by atoms with Gasteiger partial charge < -0.3 is 24.4 Å². The van der Waals surface area contributed by atoms with Crippen LogP contribution in [0.3, 0.4) is 0 Å². The van der Waals surface area contributed by atoms with Crippen LogP contribution in [0.4, 0.5) is 5.69 Å². The Labute approximate surface area is 191 Å². The van der Waals surface area contributed by atoms with Gasteiger partial charge in [0.05, 0.1) is 11.7 Å². The lowest BCUT2D eigenvalue weighted by molar-refractivity contribution is -0.122. The number of carbonyl (C=O) groups excluding carboxylic acids is 2. The summed E-state index contributed by atoms with van der Waals surface area (Å²) < 4.78 is 17.1. The quantitative estimate of drug-likeness (QED) is 0.767. The van der Waals surface area contributed by atoms with Gasteiger partial charge in [0.1, 0.15) is 12.4 Å². The molecule has 2 heterocycles. The van der Waals surface area contributed by atoms with Gasteiger partial charge in [-0.15, -0.1) is 0 Å². The zero-order chi connectivity index (χ0) is 23.3. The van der Waals surface area contributed by atoms with Crippen molar-refractivity contribution in [2.75, 3.05) is 59.4 Å². The van der Waals surface area contributed by atoms with E-state index in [1.54, 1.807) is 37.3 Å². The van der Waals surface area contributed by atoms with Gasteiger partial charge in [0, 0.05) is 58.1 Å². The molecule has 0 aromatic heterocycles. The summed E-state index contributed by atoms with van der Waals surface area (Å²) >= 11 is 0. The minimum absolute atomic E-state index is 0.0355. The van der Waals surface area contributed by atoms with E-state index in [1.807, 2.05) is 0 Å². The summed E-state index contributed by atoms with van der Waals surface area (Å²) in [6, 6.07) is 5.46. The first-order chi connectivity index (χ1) is 15.3. The topological polar surface area (TPSA) is 80.3 Å². The molecule has 1 aromatic carbocycles. The van der Waals surface area contributed by atoms with Crippen LogP contribution in [-0.2, 0) is 14.3 Å². The van der Waals surface area contributed by atoms with Crippen LogP contribution < -0.4 is 10.1 Å². The molecule has 2 amide bonds. The maximum absolute atomic E-state index is 13.4. The number of ether oxygens (including phenoxy) is 3. The predicted octanol–water partition coefficient (Wildman–Crippen LogP) is 2.49. The second-order valence-electron chi connectivity index (χ2n) is 9.12. The zero-order valence-electron chi connectivity index (χ0n) is 19.9. The predicted molar refractivity (Wildman–Crippen MR) is 123 cm³/mol. The minimum Gasteiger partial charge on any atom is -0.491 e. The molecule has 32 heavy (non-hydrogen) atoms. The number of likely N-dealkylation sites (N-methyl/N-ethyl adjacent to an activating group) is 2. The summed E-state index contributed by atoms with van der Waals surface area (Å²) in [6.45, 7) is 7.22. The largest absolute Gasteiger partial charge is 0.491 e. The molecule has 1 N–H and O–H groups in total. The van der Waals surface area contributed by atoms with E-state index in [1.165, 1.54) is 0 Å². The molecule has 0 bridgehead atoms. The van der Waals surface area contributed by atoms with Gasteiger partial charge in [-0.25, -0.2) is 0 Å². The molecule has 8 nitrogen and oxygen atoms in total. The zero-order valence-corrected chi connectivity index (χ0v) is 19.9. The van der Waals surface area contributed by atoms with Crippen molar-refractivity contribution in [1.82, 2.24) is 9.80 Å². The Kier molecular flexibility index (Phi) is 8.51. The Bertz CT molecular complexity index is 796. The van der Waals surface area contributed by atoms with Gasteiger partial charge in [0.25, 0.3) is 5.91 Å². The van der Waals surface area contributed by atoms with Gasteiger partial charge in [-0.1, -0.05) is 6.92 Å². The molecule has 3 rings (SSSR count). The maximum Gasteiger partial charge on any atom is 0.257 e. The van der Waals surface area contributed by atoms with Crippen LogP contribution in [-0.4, -0.2) is 87.9 Å². The van der Waals surface area contributed by atoms with E-state index in [0.717, 1.165) is 6.54 Å². The average Bonchev–Trinajstić information content (AvgIpc) is 2.80. The van der Waals surface area contributed by atoms with E-state index in [4.69, 9.17) is 14.2 Å². The Hall–Kier alpha value is -2.16. The SMILES string of the molecule is CO[C@@H]1CN(C)C(=O)c2cc(NC(=O)C3CCOCC3)ccc2OC[C@@H](C)N(C)C[C@H]1C. The van der Waals surface area contributed by atoms with Crippen LogP contribution in [0.25, 0.3) is 0 Å². The highest BCUT2D eigenvalue weighted by atomic mass is 16.5. The monoisotopic (exact) mass is 447 g/mol. The van der Waals surface area contributed by atoms with E-state index < -0.39 is 0 Å². The molecule has 0 spiro atoms. The Morgan fingerprint density at radius 1 is 1.16 bits per heavy atom. The van der Waals surface area contributed by atoms with Crippen LogP contribution in [0.5, 0.6) is 5.75 Å². The molecule has 1 saturated heterocycles. The summed E-state index contributed by atoms with van der Waals surface area (Å²) in [4.78, 5) is 29.9. The summed E-state index contributed by atoms with van der Waals surface area (Å²) in [5.74, 6) is 0.504. The number of fused-ring (bicyclic) bond motifs is 1. The summed E-state index contributed by atoms with van der Waals surface area (Å²) in [5, 5.41) is 2.97. The normalized spacial score (nSPS) is 26.5. The van der Waals surface area contributed by atoms with Gasteiger partial charge in [0.2, 0.25) is 5.91 Å². The first-order valence-corrected chi connectivity index (χ1v) is 11.4. The molecule has 178 valence electrons. The van der Waals surface area contributed by atoms with Crippen molar-refractivity contribution in [2.45, 2.75) is 38.8 Å². The van der Waals surface area contributed by atoms with Crippen molar-refractivity contribution in [2.24, 2.45) is 11.8 Å². The maximum atomic E-state index is 13.4. The number of anilines is 1. The lowest BCUT2D eigenvalue weighted by atomic mass is 9.99. The molecule has 2 aliphatic rings. The average molecular weight is 448 g/mol. The lowest BCUT2D eigenvalue weighted by Crippen LogP contribution is -2.45. The summed E-state index contributed by atoms with van der Waals surface area (Å²) in [7, 11) is 5.54. The number of methoxy groups -OCH3 is 1. The number of carbonyl (C=O) groups is 2. The molecule has 2 aliphatic heterocycles. The second-order valence-corrected chi connectivity index (χ2v) is 9.12. The van der Waals surface area contributed by atoms with Crippen LogP contribution in [0.2, 0.25) is 0 Å². The summed E-state index contributed by atoms with van der Waals surface area (Å²) in [5.41, 5.74) is 1.04. The molecular formula is C24H37N3O5. The van der Waals surface area contributed by atoms with Crippen molar-refractivity contribution in [3.63, 3.8) is 0 Å². The minimum atomic E-state index is -0.155. The third kappa shape index (κ3) is 5.99. The number of hydrogen-bond acceptors (Lipinski definition) is 6. The van der Waals surface area contributed by atoms with Crippen molar-refractivity contribution in [1.29, 1.82) is 0 Å². The Morgan fingerprint density at radius 3 is 2.56 bits per heavy atom. The molecule has 1 fully saturated rings. The van der Waals surface area contributed by atoms with Crippen molar-refractivity contribution in [3.05, 3.63) is 23.8 Å². The first kappa shape index (κ1) is 24.5. The number of benzene rings is 1. The van der Waals surface area contributed by atoms with E-state index in [9.17, 15) is 9.59 Å². The number of amides is 2. The highest BCUT2D eigenvalue weighted by molar-refractivity contribution is 5.99. The van der Waals surface area contributed by atoms with Crippen LogP contribution in [0.15, 0.2) is 18.2 Å². The van der Waals surface area contributed by atoms with Gasteiger partial charge in [0.15, 0.2) is 0 Å². The highest BCUT2D eigenvalue weighted by Crippen LogP contribution is 2.27. The third-order valence-electron chi connectivity index (χ3n) is 6.62. The fraction of sp³-hybridized carbons (Fsp3) is 0.667. The number of nitrogens with zero attached hydrogens (tertiary/aromatic N) is 2. The fourth-order valence-corrected chi connectivity index (χ4v) is 4.24. The molecule has 0 radical (unpaired) electrons. The van der Waals surface area contributed by atoms with E-state index in [-0.39, 0.29) is 35.8 Å². The Balaban J connectivity index is 1.86. The van der Waals surface area contributed by atoms with Crippen LogP contribution in [0, 0.1) is 11.8 Å². The van der Waals surface area contributed by atoms with Gasteiger partial charge >= 0.3 is 0 Å². The molecule has 1 aromatic rings. The van der Waals surface area contributed by atoms with E-state index in [2.05, 4.69) is 31.1 Å². The van der Waals surface area contributed by atoms with Gasteiger partial charge in [-0.2, -0.15) is 0 Å². The smallest absolute Gasteiger partial charge is 0.257 e. The van der Waals surface area contributed by atoms with Crippen LogP contribution in [0.1, 0.15) is 37.0 Å². The third-order valence-corrected chi connectivity index (χ3v) is 6.62.